The molecule has 0 fully saturated rings. The van der Waals surface area contributed by atoms with Crippen molar-refractivity contribution >= 4 is 17.5 Å². The maximum atomic E-state index is 12.0. The second kappa shape index (κ2) is 6.97. The van der Waals surface area contributed by atoms with Crippen LogP contribution in [0.4, 0.5) is 0 Å². The molecule has 0 radical (unpaired) electrons. The quantitative estimate of drug-likeness (QED) is 0.841. The summed E-state index contributed by atoms with van der Waals surface area (Å²) < 4.78 is 0. The minimum absolute atomic E-state index is 0.116. The molecule has 0 saturated carbocycles. The van der Waals surface area contributed by atoms with Gasteiger partial charge in [0.15, 0.2) is 0 Å². The number of nitrogens with one attached hydrogen (secondary N) is 1. The number of hydrogen-bond acceptors (Lipinski definition) is 1. The van der Waals surface area contributed by atoms with E-state index in [0.717, 1.165) is 16.7 Å². The first-order valence-corrected chi connectivity index (χ1v) is 7.04. The molecule has 2 aromatic rings. The molecule has 21 heavy (non-hydrogen) atoms. The Balaban J connectivity index is 1.98. The van der Waals surface area contributed by atoms with Gasteiger partial charge in [-0.2, -0.15) is 0 Å². The summed E-state index contributed by atoms with van der Waals surface area (Å²) in [5.41, 5.74) is 3.57. The van der Waals surface area contributed by atoms with Gasteiger partial charge in [0.1, 0.15) is 0 Å². The molecule has 0 heterocycles. The average Bonchev–Trinajstić information content (AvgIpc) is 2.44. The van der Waals surface area contributed by atoms with E-state index in [1.165, 1.54) is 0 Å². The van der Waals surface area contributed by atoms with Crippen LogP contribution in [0.5, 0.6) is 0 Å². The Morgan fingerprint density at radius 2 is 1.81 bits per heavy atom. The van der Waals surface area contributed by atoms with Crippen LogP contribution in [0.3, 0.4) is 0 Å². The predicted octanol–water partition coefficient (Wildman–Crippen LogP) is 3.74. The Hall–Kier alpha value is -2.24. The molecule has 0 aromatic heterocycles. The van der Waals surface area contributed by atoms with Crippen molar-refractivity contribution in [2.75, 3.05) is 6.54 Å². The topological polar surface area (TPSA) is 29.1 Å². The Labute approximate surface area is 130 Å². The average molecular weight is 298 g/mol. The zero-order chi connectivity index (χ0) is 15.2. The summed E-state index contributed by atoms with van der Waals surface area (Å²) in [5.74, 6) is 5.74. The van der Waals surface area contributed by atoms with Crippen molar-refractivity contribution in [3.63, 3.8) is 0 Å². The first-order valence-electron chi connectivity index (χ1n) is 6.66. The van der Waals surface area contributed by atoms with Gasteiger partial charge in [-0.05, 0) is 38.1 Å². The highest BCUT2D eigenvalue weighted by molar-refractivity contribution is 6.31. The number of aryl methyl sites for hydroxylation is 2. The summed E-state index contributed by atoms with van der Waals surface area (Å²) in [6, 6.07) is 13.1. The highest BCUT2D eigenvalue weighted by atomic mass is 35.5. The molecule has 0 bridgehead atoms. The lowest BCUT2D eigenvalue weighted by molar-refractivity contribution is 0.0958. The minimum atomic E-state index is -0.116. The zero-order valence-corrected chi connectivity index (χ0v) is 12.8. The van der Waals surface area contributed by atoms with Gasteiger partial charge in [0.2, 0.25) is 0 Å². The van der Waals surface area contributed by atoms with Crippen molar-refractivity contribution in [2.24, 2.45) is 0 Å². The summed E-state index contributed by atoms with van der Waals surface area (Å²) in [6.07, 6.45) is 0. The summed E-state index contributed by atoms with van der Waals surface area (Å²) in [7, 11) is 0. The maximum Gasteiger partial charge on any atom is 0.252 e. The van der Waals surface area contributed by atoms with Gasteiger partial charge in [-0.15, -0.1) is 0 Å². The van der Waals surface area contributed by atoms with E-state index in [1.54, 1.807) is 6.07 Å². The van der Waals surface area contributed by atoms with Crippen molar-refractivity contribution in [1.82, 2.24) is 5.32 Å². The van der Waals surface area contributed by atoms with Crippen LogP contribution in [-0.2, 0) is 0 Å². The number of carbonyl (C=O) groups is 1. The van der Waals surface area contributed by atoms with Crippen molar-refractivity contribution in [1.29, 1.82) is 0 Å². The third-order valence-electron chi connectivity index (χ3n) is 2.92. The van der Waals surface area contributed by atoms with Gasteiger partial charge in [-0.1, -0.05) is 52.8 Å². The highest BCUT2D eigenvalue weighted by Crippen LogP contribution is 2.12. The summed E-state index contributed by atoms with van der Waals surface area (Å²) in [5, 5.41) is 3.40. The van der Waals surface area contributed by atoms with Gasteiger partial charge >= 0.3 is 0 Å². The maximum absolute atomic E-state index is 12.0. The molecular formula is C18H16ClNO. The van der Waals surface area contributed by atoms with Gasteiger partial charge in [0, 0.05) is 11.1 Å². The molecule has 0 atom stereocenters. The number of carbonyl (C=O) groups excluding carboxylic acids is 1. The highest BCUT2D eigenvalue weighted by Gasteiger charge is 2.04. The fraction of sp³-hybridized carbons (Fsp3) is 0.167. The molecule has 0 aliphatic rings. The molecule has 0 aliphatic heterocycles. The monoisotopic (exact) mass is 297 g/mol. The van der Waals surface area contributed by atoms with Crippen LogP contribution >= 0.6 is 11.6 Å². The molecule has 2 aromatic carbocycles. The van der Waals surface area contributed by atoms with Gasteiger partial charge in [0.05, 0.1) is 11.6 Å². The van der Waals surface area contributed by atoms with E-state index < -0.39 is 0 Å². The van der Waals surface area contributed by atoms with Gasteiger partial charge in [-0.25, -0.2) is 0 Å². The van der Waals surface area contributed by atoms with Crippen molar-refractivity contribution in [3.8, 4) is 11.8 Å². The molecule has 3 heteroatoms. The molecule has 0 aliphatic carbocycles. The normalized spacial score (nSPS) is 9.67. The van der Waals surface area contributed by atoms with E-state index in [9.17, 15) is 4.79 Å². The number of benzene rings is 2. The summed E-state index contributed by atoms with van der Waals surface area (Å²) in [6.45, 7) is 4.24. The lowest BCUT2D eigenvalue weighted by Gasteiger charge is -2.04. The van der Waals surface area contributed by atoms with Crippen LogP contribution < -0.4 is 5.32 Å². The predicted molar refractivity (Wildman–Crippen MR) is 86.6 cm³/mol. The molecule has 0 saturated heterocycles. The van der Waals surface area contributed by atoms with Crippen LogP contribution in [-0.4, -0.2) is 12.5 Å². The number of hydrogen-bond donors (Lipinski definition) is 1. The van der Waals surface area contributed by atoms with Gasteiger partial charge in [0.25, 0.3) is 5.91 Å². The fourth-order valence-corrected chi connectivity index (χ4v) is 2.22. The van der Waals surface area contributed by atoms with Crippen molar-refractivity contribution in [3.05, 3.63) is 69.7 Å². The molecular weight excluding hydrogens is 282 g/mol. The molecule has 106 valence electrons. The zero-order valence-electron chi connectivity index (χ0n) is 12.0. The molecule has 2 rings (SSSR count). The Kier molecular flexibility index (Phi) is 5.03. The first-order chi connectivity index (χ1) is 10.1. The van der Waals surface area contributed by atoms with E-state index >= 15 is 0 Å². The Morgan fingerprint density at radius 1 is 1.14 bits per heavy atom. The SMILES string of the molecule is Cc1cc(C)cc(C(=O)NCC#Cc2ccccc2Cl)c1. The molecule has 0 spiro atoms. The lowest BCUT2D eigenvalue weighted by Crippen LogP contribution is -2.23. The standard InChI is InChI=1S/C18H16ClNO/c1-13-10-14(2)12-16(11-13)18(21)20-9-5-7-15-6-3-4-8-17(15)19/h3-4,6,8,10-12H,9H2,1-2H3,(H,20,21). The smallest absolute Gasteiger partial charge is 0.252 e. The molecule has 2 nitrogen and oxygen atoms in total. The number of rotatable bonds is 2. The second-order valence-electron chi connectivity index (χ2n) is 4.84. The molecule has 0 unspecified atom stereocenters. The van der Waals surface area contributed by atoms with Crippen LogP contribution in [0.2, 0.25) is 5.02 Å². The number of halogens is 1. The van der Waals surface area contributed by atoms with Crippen LogP contribution in [0, 0.1) is 25.7 Å². The minimum Gasteiger partial charge on any atom is -0.341 e. The van der Waals surface area contributed by atoms with Crippen molar-refractivity contribution < 1.29 is 4.79 Å². The Morgan fingerprint density at radius 3 is 2.48 bits per heavy atom. The second-order valence-corrected chi connectivity index (χ2v) is 5.25. The third-order valence-corrected chi connectivity index (χ3v) is 3.25. The Bertz CT molecular complexity index is 705. The van der Waals surface area contributed by atoms with E-state index in [-0.39, 0.29) is 12.5 Å². The van der Waals surface area contributed by atoms with Crippen LogP contribution in [0.25, 0.3) is 0 Å². The third kappa shape index (κ3) is 4.37. The first kappa shape index (κ1) is 15.2. The van der Waals surface area contributed by atoms with E-state index in [4.69, 9.17) is 11.6 Å². The van der Waals surface area contributed by atoms with E-state index in [0.29, 0.717) is 10.6 Å². The van der Waals surface area contributed by atoms with Crippen LogP contribution in [0.1, 0.15) is 27.0 Å². The number of amides is 1. The van der Waals surface area contributed by atoms with Crippen LogP contribution in [0.15, 0.2) is 42.5 Å². The van der Waals surface area contributed by atoms with E-state index in [2.05, 4.69) is 17.2 Å². The fourth-order valence-electron chi connectivity index (χ4n) is 2.03. The summed E-state index contributed by atoms with van der Waals surface area (Å²) in [4.78, 5) is 12.0. The summed E-state index contributed by atoms with van der Waals surface area (Å²) >= 11 is 6.01. The lowest BCUT2D eigenvalue weighted by atomic mass is 10.1. The van der Waals surface area contributed by atoms with Gasteiger partial charge in [-0.3, -0.25) is 4.79 Å². The van der Waals surface area contributed by atoms with E-state index in [1.807, 2.05) is 50.2 Å². The van der Waals surface area contributed by atoms with Gasteiger partial charge < -0.3 is 5.32 Å². The molecule has 1 N–H and O–H groups in total. The van der Waals surface area contributed by atoms with Crippen molar-refractivity contribution in [2.45, 2.75) is 13.8 Å². The largest absolute Gasteiger partial charge is 0.341 e. The molecule has 1 amide bonds.